The molecule has 1 aromatic carbocycles. The Morgan fingerprint density at radius 1 is 1.50 bits per heavy atom. The molecule has 6 heteroatoms. The lowest BCUT2D eigenvalue weighted by Gasteiger charge is -2.17. The minimum absolute atomic E-state index is 0.174. The van der Waals surface area contributed by atoms with E-state index in [-0.39, 0.29) is 12.5 Å². The Labute approximate surface area is 120 Å². The maximum atomic E-state index is 12.1. The maximum absolute atomic E-state index is 12.1. The maximum Gasteiger partial charge on any atom is 0.251 e. The van der Waals surface area contributed by atoms with E-state index in [4.69, 9.17) is 16.3 Å². The summed E-state index contributed by atoms with van der Waals surface area (Å²) in [5, 5.41) is 3.40. The number of ether oxygens (including phenoxy) is 1. The largest absolute Gasteiger partial charge is 0.488 e. The summed E-state index contributed by atoms with van der Waals surface area (Å²) < 4.78 is 5.54. The zero-order valence-corrected chi connectivity index (χ0v) is 11.3. The van der Waals surface area contributed by atoms with E-state index in [1.165, 1.54) is 0 Å². The first-order valence-corrected chi connectivity index (χ1v) is 6.49. The number of H-pyrrole nitrogens is 1. The number of fused-ring (bicyclic) bond motifs is 1. The van der Waals surface area contributed by atoms with Gasteiger partial charge in [-0.1, -0.05) is 11.6 Å². The van der Waals surface area contributed by atoms with Crippen molar-refractivity contribution >= 4 is 23.6 Å². The lowest BCUT2D eigenvalue weighted by Crippen LogP contribution is -2.28. The summed E-state index contributed by atoms with van der Waals surface area (Å²) in [5.41, 5.74) is 1.37. The molecule has 0 fully saturated rings. The molecule has 5 nitrogen and oxygen atoms in total. The van der Waals surface area contributed by atoms with Crippen molar-refractivity contribution in [1.82, 2.24) is 15.3 Å². The minimum atomic E-state index is -0.174. The molecule has 0 unspecified atom stereocenters. The van der Waals surface area contributed by atoms with Crippen molar-refractivity contribution in [3.63, 3.8) is 0 Å². The van der Waals surface area contributed by atoms with Crippen molar-refractivity contribution in [2.75, 3.05) is 6.61 Å². The van der Waals surface area contributed by atoms with E-state index in [9.17, 15) is 4.79 Å². The molecule has 1 aliphatic rings. The number of carbonyl (C=O) groups excluding carboxylic acids is 1. The summed E-state index contributed by atoms with van der Waals surface area (Å²) in [7, 11) is 0. The predicted molar refractivity (Wildman–Crippen MR) is 75.4 cm³/mol. The van der Waals surface area contributed by atoms with Gasteiger partial charge in [-0.2, -0.15) is 0 Å². The fraction of sp³-hybridized carbons (Fsp3) is 0.143. The highest BCUT2D eigenvalue weighted by atomic mass is 35.5. The van der Waals surface area contributed by atoms with Gasteiger partial charge in [-0.05, 0) is 24.3 Å². The lowest BCUT2D eigenvalue weighted by atomic mass is 10.1. The van der Waals surface area contributed by atoms with Crippen molar-refractivity contribution < 1.29 is 9.53 Å². The quantitative estimate of drug-likeness (QED) is 0.910. The number of rotatable bonds is 3. The monoisotopic (exact) mass is 289 g/mol. The van der Waals surface area contributed by atoms with Gasteiger partial charge in [-0.15, -0.1) is 0 Å². The van der Waals surface area contributed by atoms with Crippen LogP contribution < -0.4 is 10.1 Å². The van der Waals surface area contributed by atoms with Crippen LogP contribution in [0.4, 0.5) is 0 Å². The molecule has 0 saturated heterocycles. The molecule has 1 aromatic heterocycles. The van der Waals surface area contributed by atoms with Gasteiger partial charge in [0, 0.05) is 23.0 Å². The standard InChI is InChI=1S/C14H12ClN3O2/c15-11-1-2-12-9(6-11)5-10(8-20-12)14(19)18-7-13-16-3-4-17-13/h1-6H,7-8H2,(H,16,17)(H,18,19). The molecule has 1 aliphatic heterocycles. The van der Waals surface area contributed by atoms with Crippen LogP contribution in [0.5, 0.6) is 5.75 Å². The van der Waals surface area contributed by atoms with E-state index in [1.54, 1.807) is 36.7 Å². The van der Waals surface area contributed by atoms with E-state index in [1.807, 2.05) is 0 Å². The van der Waals surface area contributed by atoms with Gasteiger partial charge in [0.1, 0.15) is 18.2 Å². The topological polar surface area (TPSA) is 67.0 Å². The Hall–Kier alpha value is -2.27. The molecule has 0 bridgehead atoms. The highest BCUT2D eigenvalue weighted by molar-refractivity contribution is 6.30. The smallest absolute Gasteiger partial charge is 0.251 e. The molecule has 1 amide bonds. The first-order valence-electron chi connectivity index (χ1n) is 6.12. The Balaban J connectivity index is 1.72. The number of benzene rings is 1. The summed E-state index contributed by atoms with van der Waals surface area (Å²) in [6.45, 7) is 0.601. The van der Waals surface area contributed by atoms with E-state index < -0.39 is 0 Å². The lowest BCUT2D eigenvalue weighted by molar-refractivity contribution is -0.118. The van der Waals surface area contributed by atoms with Crippen LogP contribution in [0.15, 0.2) is 36.2 Å². The molecule has 0 atom stereocenters. The number of nitrogens with zero attached hydrogens (tertiary/aromatic N) is 1. The van der Waals surface area contributed by atoms with Crippen LogP contribution in [0, 0.1) is 0 Å². The molecule has 0 aliphatic carbocycles. The number of hydrogen-bond acceptors (Lipinski definition) is 3. The number of amides is 1. The number of halogens is 1. The second-order valence-electron chi connectivity index (χ2n) is 4.36. The number of carbonyl (C=O) groups is 1. The number of aromatic nitrogens is 2. The minimum Gasteiger partial charge on any atom is -0.488 e. The third kappa shape index (κ3) is 2.67. The van der Waals surface area contributed by atoms with Gasteiger partial charge >= 0.3 is 0 Å². The summed E-state index contributed by atoms with van der Waals surface area (Å²) in [6.07, 6.45) is 5.15. The van der Waals surface area contributed by atoms with E-state index in [2.05, 4.69) is 15.3 Å². The molecule has 0 spiro atoms. The summed E-state index contributed by atoms with van der Waals surface area (Å²) in [5.74, 6) is 1.27. The van der Waals surface area contributed by atoms with Crippen LogP contribution >= 0.6 is 11.6 Å². The molecule has 2 aromatic rings. The normalized spacial score (nSPS) is 13.2. The van der Waals surface area contributed by atoms with Crippen LogP contribution in [-0.2, 0) is 11.3 Å². The van der Waals surface area contributed by atoms with Gasteiger partial charge in [-0.25, -0.2) is 4.98 Å². The Morgan fingerprint density at radius 2 is 2.40 bits per heavy atom. The Morgan fingerprint density at radius 3 is 3.20 bits per heavy atom. The molecule has 102 valence electrons. The van der Waals surface area contributed by atoms with E-state index in [0.29, 0.717) is 23.0 Å². The fourth-order valence-electron chi connectivity index (χ4n) is 1.95. The van der Waals surface area contributed by atoms with Crippen LogP contribution in [0.25, 0.3) is 6.08 Å². The molecule has 2 heterocycles. The molecule has 3 rings (SSSR count). The van der Waals surface area contributed by atoms with E-state index >= 15 is 0 Å². The van der Waals surface area contributed by atoms with Crippen LogP contribution in [0.1, 0.15) is 11.4 Å². The average molecular weight is 290 g/mol. The van der Waals surface area contributed by atoms with Gasteiger partial charge in [0.25, 0.3) is 5.91 Å². The van der Waals surface area contributed by atoms with Gasteiger partial charge in [0.05, 0.1) is 12.1 Å². The molecule has 2 N–H and O–H groups in total. The zero-order chi connectivity index (χ0) is 13.9. The summed E-state index contributed by atoms with van der Waals surface area (Å²) in [4.78, 5) is 19.0. The van der Waals surface area contributed by atoms with Crippen molar-refractivity contribution in [2.45, 2.75) is 6.54 Å². The van der Waals surface area contributed by atoms with Crippen molar-refractivity contribution in [1.29, 1.82) is 0 Å². The second kappa shape index (κ2) is 5.38. The van der Waals surface area contributed by atoms with Gasteiger partial charge in [0.2, 0.25) is 0 Å². The predicted octanol–water partition coefficient (Wildman–Crippen LogP) is 2.16. The second-order valence-corrected chi connectivity index (χ2v) is 4.80. The number of nitrogens with one attached hydrogen (secondary N) is 2. The zero-order valence-electron chi connectivity index (χ0n) is 10.5. The van der Waals surface area contributed by atoms with Gasteiger partial charge in [-0.3, -0.25) is 4.79 Å². The third-order valence-corrected chi connectivity index (χ3v) is 3.18. The molecule has 0 radical (unpaired) electrons. The molecular formula is C14H12ClN3O2. The molecule has 20 heavy (non-hydrogen) atoms. The van der Waals surface area contributed by atoms with Crippen LogP contribution in [0.3, 0.4) is 0 Å². The van der Waals surface area contributed by atoms with Gasteiger partial charge in [0.15, 0.2) is 0 Å². The Kier molecular flexibility index (Phi) is 3.43. The highest BCUT2D eigenvalue weighted by Crippen LogP contribution is 2.28. The van der Waals surface area contributed by atoms with Crippen LogP contribution in [0.2, 0.25) is 5.02 Å². The summed E-state index contributed by atoms with van der Waals surface area (Å²) in [6, 6.07) is 5.33. The molecule has 0 saturated carbocycles. The first kappa shape index (κ1) is 12.7. The number of hydrogen-bond donors (Lipinski definition) is 2. The average Bonchev–Trinajstić information content (AvgIpc) is 2.97. The number of imidazole rings is 1. The SMILES string of the molecule is O=C(NCc1ncc[nH]1)C1=Cc2cc(Cl)ccc2OC1. The van der Waals surface area contributed by atoms with E-state index in [0.717, 1.165) is 11.3 Å². The van der Waals surface area contributed by atoms with Crippen molar-refractivity contribution in [2.24, 2.45) is 0 Å². The first-order chi connectivity index (χ1) is 9.72. The van der Waals surface area contributed by atoms with Gasteiger partial charge < -0.3 is 15.0 Å². The Bertz CT molecular complexity index is 665. The van der Waals surface area contributed by atoms with Crippen LogP contribution in [-0.4, -0.2) is 22.5 Å². The van der Waals surface area contributed by atoms with Crippen molar-refractivity contribution in [3.8, 4) is 5.75 Å². The molecular weight excluding hydrogens is 278 g/mol. The fourth-order valence-corrected chi connectivity index (χ4v) is 2.13. The highest BCUT2D eigenvalue weighted by Gasteiger charge is 2.17. The third-order valence-electron chi connectivity index (χ3n) is 2.95. The number of aromatic amines is 1. The van der Waals surface area contributed by atoms with Crippen molar-refractivity contribution in [3.05, 3.63) is 52.6 Å². The summed E-state index contributed by atoms with van der Waals surface area (Å²) >= 11 is 5.93.